The molecule has 1 aliphatic rings. The lowest BCUT2D eigenvalue weighted by atomic mass is 9.77. The third-order valence-electron chi connectivity index (χ3n) is 8.71. The summed E-state index contributed by atoms with van der Waals surface area (Å²) in [4.78, 5) is 6.90. The van der Waals surface area contributed by atoms with E-state index in [1.54, 1.807) is 0 Å². The third-order valence-corrected chi connectivity index (χ3v) is 8.71. The van der Waals surface area contributed by atoms with E-state index in [9.17, 15) is 0 Å². The Bertz CT molecular complexity index is 1950. The van der Waals surface area contributed by atoms with Crippen LogP contribution in [-0.4, -0.2) is 50.8 Å². The van der Waals surface area contributed by atoms with Gasteiger partial charge in [-0.3, -0.25) is 4.68 Å². The molecule has 1 aliphatic heterocycles. The van der Waals surface area contributed by atoms with Gasteiger partial charge in [0.1, 0.15) is 11.4 Å². The molecule has 7 aromatic rings. The molecular formula is C38H32N6O. The Morgan fingerprint density at radius 2 is 1.27 bits per heavy atom. The SMILES string of the molecule is c1ccc(C(c2ccccc2)(c2ccccc2)n2cc(-c3ccc4cnn(-c5ccnc(N6CCOCC6)c5)c4c3)cn2)cc1. The van der Waals surface area contributed by atoms with Crippen LogP contribution >= 0.6 is 0 Å². The van der Waals surface area contributed by atoms with Crippen molar-refractivity contribution in [2.24, 2.45) is 0 Å². The molecule has 7 nitrogen and oxygen atoms in total. The molecule has 3 aromatic heterocycles. The number of fused-ring (bicyclic) bond motifs is 1. The van der Waals surface area contributed by atoms with E-state index in [1.165, 1.54) is 0 Å². The summed E-state index contributed by atoms with van der Waals surface area (Å²) in [6.45, 7) is 3.10. The molecule has 0 atom stereocenters. The molecule has 1 saturated heterocycles. The van der Waals surface area contributed by atoms with E-state index < -0.39 is 5.54 Å². The fourth-order valence-corrected chi connectivity index (χ4v) is 6.50. The van der Waals surface area contributed by atoms with Crippen LogP contribution in [0.25, 0.3) is 27.7 Å². The predicted molar refractivity (Wildman–Crippen MR) is 178 cm³/mol. The topological polar surface area (TPSA) is 61.0 Å². The van der Waals surface area contributed by atoms with Gasteiger partial charge in [-0.1, -0.05) is 103 Å². The molecule has 4 heterocycles. The molecule has 0 unspecified atom stereocenters. The van der Waals surface area contributed by atoms with Crippen molar-refractivity contribution >= 4 is 16.7 Å². The first-order valence-corrected chi connectivity index (χ1v) is 15.3. The van der Waals surface area contributed by atoms with Crippen LogP contribution in [0.1, 0.15) is 16.7 Å². The summed E-state index contributed by atoms with van der Waals surface area (Å²) >= 11 is 0. The Hall–Kier alpha value is -5.53. The van der Waals surface area contributed by atoms with Crippen LogP contribution in [0.15, 0.2) is 146 Å². The van der Waals surface area contributed by atoms with Crippen LogP contribution in [-0.2, 0) is 10.3 Å². The zero-order valence-corrected chi connectivity index (χ0v) is 24.8. The second kappa shape index (κ2) is 11.5. The first-order valence-electron chi connectivity index (χ1n) is 15.3. The normalized spacial score (nSPS) is 13.7. The van der Waals surface area contributed by atoms with Crippen molar-refractivity contribution < 1.29 is 4.74 Å². The molecule has 0 saturated carbocycles. The predicted octanol–water partition coefficient (Wildman–Crippen LogP) is 6.96. The average Bonchev–Trinajstić information content (AvgIpc) is 3.79. The molecule has 45 heavy (non-hydrogen) atoms. The molecular weight excluding hydrogens is 556 g/mol. The molecule has 0 aliphatic carbocycles. The Morgan fingerprint density at radius 1 is 0.622 bits per heavy atom. The molecule has 7 heteroatoms. The number of benzene rings is 4. The maximum atomic E-state index is 5.54. The average molecular weight is 589 g/mol. The molecule has 0 amide bonds. The number of hydrogen-bond acceptors (Lipinski definition) is 5. The van der Waals surface area contributed by atoms with Gasteiger partial charge in [-0.15, -0.1) is 0 Å². The van der Waals surface area contributed by atoms with E-state index in [0.29, 0.717) is 13.2 Å². The highest BCUT2D eigenvalue weighted by Gasteiger charge is 2.39. The highest BCUT2D eigenvalue weighted by Crippen LogP contribution is 2.41. The summed E-state index contributed by atoms with van der Waals surface area (Å²) in [6, 6.07) is 42.5. The van der Waals surface area contributed by atoms with Crippen molar-refractivity contribution in [2.75, 3.05) is 31.2 Å². The van der Waals surface area contributed by atoms with E-state index in [0.717, 1.165) is 63.3 Å². The molecule has 8 rings (SSSR count). The number of anilines is 1. The summed E-state index contributed by atoms with van der Waals surface area (Å²) in [6.07, 6.45) is 7.91. The minimum absolute atomic E-state index is 0.666. The van der Waals surface area contributed by atoms with Gasteiger partial charge >= 0.3 is 0 Å². The zero-order chi connectivity index (χ0) is 30.1. The highest BCUT2D eigenvalue weighted by atomic mass is 16.5. The van der Waals surface area contributed by atoms with E-state index in [2.05, 4.69) is 136 Å². The number of pyridine rings is 1. The van der Waals surface area contributed by atoms with E-state index in [-0.39, 0.29) is 0 Å². The van der Waals surface area contributed by atoms with Crippen molar-refractivity contribution in [3.63, 3.8) is 0 Å². The van der Waals surface area contributed by atoms with E-state index in [4.69, 9.17) is 14.9 Å². The van der Waals surface area contributed by atoms with Gasteiger partial charge in [-0.25, -0.2) is 9.67 Å². The van der Waals surface area contributed by atoms with Crippen molar-refractivity contribution in [1.82, 2.24) is 24.5 Å². The first-order chi connectivity index (χ1) is 22.3. The van der Waals surface area contributed by atoms with Gasteiger partial charge in [0.25, 0.3) is 0 Å². The standard InChI is InChI=1S/C38H32N6O/c1-4-10-32(11-5-1)38(33-12-6-2-7-13-33,34-14-8-3-9-15-34)43-28-31(27-40-43)29-16-17-30-26-41-44(36(30)24-29)35-18-19-39-37(25-35)42-20-22-45-23-21-42/h1-19,24-28H,20-23H2. The number of rotatable bonds is 7. The molecule has 0 radical (unpaired) electrons. The second-order valence-electron chi connectivity index (χ2n) is 11.3. The number of aromatic nitrogens is 5. The van der Waals surface area contributed by atoms with Crippen LogP contribution in [0.3, 0.4) is 0 Å². The van der Waals surface area contributed by atoms with Gasteiger partial charge in [-0.2, -0.15) is 10.2 Å². The number of nitrogens with zero attached hydrogens (tertiary/aromatic N) is 6. The smallest absolute Gasteiger partial charge is 0.138 e. The van der Waals surface area contributed by atoms with Crippen LogP contribution in [0.5, 0.6) is 0 Å². The maximum Gasteiger partial charge on any atom is 0.138 e. The number of hydrogen-bond donors (Lipinski definition) is 0. The van der Waals surface area contributed by atoms with Crippen LogP contribution in [0, 0.1) is 0 Å². The number of morpholine rings is 1. The van der Waals surface area contributed by atoms with Crippen molar-refractivity contribution in [3.05, 3.63) is 163 Å². The van der Waals surface area contributed by atoms with Gasteiger partial charge in [-0.05, 0) is 34.4 Å². The lowest BCUT2D eigenvalue weighted by molar-refractivity contribution is 0.122. The zero-order valence-electron chi connectivity index (χ0n) is 24.8. The lowest BCUT2D eigenvalue weighted by Gasteiger charge is -2.36. The first kappa shape index (κ1) is 27.0. The van der Waals surface area contributed by atoms with Gasteiger partial charge in [0, 0.05) is 42.5 Å². The minimum Gasteiger partial charge on any atom is -0.378 e. The number of ether oxygens (including phenoxy) is 1. The Labute approximate surface area is 262 Å². The fourth-order valence-electron chi connectivity index (χ4n) is 6.50. The van der Waals surface area contributed by atoms with Gasteiger partial charge in [0.2, 0.25) is 0 Å². The van der Waals surface area contributed by atoms with Gasteiger partial charge in [0.15, 0.2) is 0 Å². The van der Waals surface area contributed by atoms with E-state index in [1.807, 2.05) is 29.3 Å². The summed E-state index contributed by atoms with van der Waals surface area (Å²) in [5, 5.41) is 10.9. The highest BCUT2D eigenvalue weighted by molar-refractivity contribution is 5.85. The maximum absolute atomic E-state index is 5.54. The third kappa shape index (κ3) is 4.78. The minimum atomic E-state index is -0.666. The van der Waals surface area contributed by atoms with Gasteiger partial charge in [0.05, 0.1) is 36.8 Å². The van der Waals surface area contributed by atoms with Crippen molar-refractivity contribution in [3.8, 4) is 16.8 Å². The molecule has 0 N–H and O–H groups in total. The molecule has 220 valence electrons. The van der Waals surface area contributed by atoms with Crippen molar-refractivity contribution in [2.45, 2.75) is 5.54 Å². The summed E-state index contributed by atoms with van der Waals surface area (Å²) < 4.78 is 9.65. The van der Waals surface area contributed by atoms with E-state index >= 15 is 0 Å². The monoisotopic (exact) mass is 588 g/mol. The summed E-state index contributed by atoms with van der Waals surface area (Å²) in [5.74, 6) is 0.941. The Balaban J connectivity index is 1.24. The largest absolute Gasteiger partial charge is 0.378 e. The molecule has 0 bridgehead atoms. The molecule has 0 spiro atoms. The van der Waals surface area contributed by atoms with Crippen LogP contribution in [0.2, 0.25) is 0 Å². The quantitative estimate of drug-likeness (QED) is 0.189. The summed E-state index contributed by atoms with van der Waals surface area (Å²) in [7, 11) is 0. The van der Waals surface area contributed by atoms with Crippen LogP contribution in [0.4, 0.5) is 5.82 Å². The molecule has 4 aromatic carbocycles. The lowest BCUT2D eigenvalue weighted by Crippen LogP contribution is -2.38. The fraction of sp³-hybridized carbons (Fsp3) is 0.132. The van der Waals surface area contributed by atoms with Crippen molar-refractivity contribution in [1.29, 1.82) is 0 Å². The Kier molecular flexibility index (Phi) is 6.93. The second-order valence-corrected chi connectivity index (χ2v) is 11.3. The Morgan fingerprint density at radius 3 is 1.91 bits per heavy atom. The van der Waals surface area contributed by atoms with Gasteiger partial charge < -0.3 is 9.64 Å². The summed E-state index contributed by atoms with van der Waals surface area (Å²) in [5.41, 5.74) is 6.85. The molecule has 1 fully saturated rings. The van der Waals surface area contributed by atoms with Crippen LogP contribution < -0.4 is 4.90 Å².